The van der Waals surface area contributed by atoms with E-state index >= 15 is 0 Å². The Labute approximate surface area is 107 Å². The quantitative estimate of drug-likeness (QED) is 0.926. The molecule has 0 amide bonds. The van der Waals surface area contributed by atoms with Gasteiger partial charge >= 0.3 is 0 Å². The second-order valence-corrected chi connectivity index (χ2v) is 5.22. The van der Waals surface area contributed by atoms with Crippen molar-refractivity contribution in [2.75, 3.05) is 0 Å². The molecule has 0 bridgehead atoms. The van der Waals surface area contributed by atoms with Gasteiger partial charge in [0.25, 0.3) is 0 Å². The van der Waals surface area contributed by atoms with Crippen LogP contribution in [0, 0.1) is 5.82 Å². The van der Waals surface area contributed by atoms with E-state index in [0.717, 1.165) is 5.69 Å². The molecule has 0 fully saturated rings. The van der Waals surface area contributed by atoms with Crippen LogP contribution in [0.2, 0.25) is 0 Å². The molecule has 1 aromatic carbocycles. The summed E-state index contributed by atoms with van der Waals surface area (Å²) in [6, 6.07) is 4.63. The average molecular weight is 299 g/mol. The maximum atomic E-state index is 13.1. The highest BCUT2D eigenvalue weighted by molar-refractivity contribution is 9.10. The van der Waals surface area contributed by atoms with Crippen molar-refractivity contribution in [3.63, 3.8) is 0 Å². The van der Waals surface area contributed by atoms with Crippen LogP contribution in [-0.4, -0.2) is 15.0 Å². The van der Waals surface area contributed by atoms with Gasteiger partial charge in [-0.1, -0.05) is 5.21 Å². The van der Waals surface area contributed by atoms with E-state index in [9.17, 15) is 4.39 Å². The molecule has 0 aliphatic heterocycles. The molecule has 2 aromatic rings. The number of aromatic nitrogens is 3. The van der Waals surface area contributed by atoms with Gasteiger partial charge < -0.3 is 5.73 Å². The lowest BCUT2D eigenvalue weighted by molar-refractivity contribution is 0.533. The summed E-state index contributed by atoms with van der Waals surface area (Å²) < 4.78 is 15.0. The summed E-state index contributed by atoms with van der Waals surface area (Å²) in [6.45, 7) is 3.70. The van der Waals surface area contributed by atoms with Crippen LogP contribution in [-0.2, 0) is 5.54 Å². The minimum absolute atomic E-state index is 0.312. The summed E-state index contributed by atoms with van der Waals surface area (Å²) in [6.07, 6.45) is 1.74. The van der Waals surface area contributed by atoms with Gasteiger partial charge in [-0.25, -0.2) is 9.07 Å². The first-order valence-corrected chi connectivity index (χ1v) is 5.84. The molecule has 2 rings (SSSR count). The van der Waals surface area contributed by atoms with E-state index in [0.29, 0.717) is 10.2 Å². The number of nitrogens with zero attached hydrogens (tertiary/aromatic N) is 3. The maximum Gasteiger partial charge on any atom is 0.137 e. The third-order valence-electron chi connectivity index (χ3n) is 2.32. The molecule has 2 N–H and O–H groups in total. The van der Waals surface area contributed by atoms with Crippen molar-refractivity contribution in [3.8, 4) is 5.69 Å². The van der Waals surface area contributed by atoms with Crippen LogP contribution >= 0.6 is 15.9 Å². The second kappa shape index (κ2) is 4.19. The molecule has 0 unspecified atom stereocenters. The Morgan fingerprint density at radius 1 is 1.41 bits per heavy atom. The number of hydrogen-bond acceptors (Lipinski definition) is 3. The molecule has 0 saturated heterocycles. The zero-order chi connectivity index (χ0) is 12.6. The lowest BCUT2D eigenvalue weighted by Gasteiger charge is -2.13. The first-order valence-electron chi connectivity index (χ1n) is 5.05. The fourth-order valence-electron chi connectivity index (χ4n) is 1.31. The van der Waals surface area contributed by atoms with E-state index in [1.807, 2.05) is 13.8 Å². The fraction of sp³-hybridized carbons (Fsp3) is 0.273. The summed E-state index contributed by atoms with van der Waals surface area (Å²) in [4.78, 5) is 0. The third-order valence-corrected chi connectivity index (χ3v) is 2.93. The van der Waals surface area contributed by atoms with Crippen molar-refractivity contribution in [2.24, 2.45) is 5.73 Å². The standard InChI is InChI=1S/C11H12BrFN4/c1-11(2,14)10-6-17(16-15-10)7-3-4-9(13)8(12)5-7/h3-6H,14H2,1-2H3. The molecule has 0 atom stereocenters. The molecule has 0 aliphatic carbocycles. The van der Waals surface area contributed by atoms with Gasteiger partial charge in [0.15, 0.2) is 0 Å². The lowest BCUT2D eigenvalue weighted by Crippen LogP contribution is -2.29. The molecule has 0 spiro atoms. The minimum atomic E-state index is -0.546. The molecule has 0 saturated carbocycles. The summed E-state index contributed by atoms with van der Waals surface area (Å²) in [5.74, 6) is -0.312. The van der Waals surface area contributed by atoms with Crippen molar-refractivity contribution in [2.45, 2.75) is 19.4 Å². The van der Waals surface area contributed by atoms with E-state index in [1.165, 1.54) is 6.07 Å². The first-order chi connectivity index (χ1) is 7.88. The maximum absolute atomic E-state index is 13.1. The van der Waals surface area contributed by atoms with Gasteiger partial charge in [0.2, 0.25) is 0 Å². The molecule has 1 heterocycles. The topological polar surface area (TPSA) is 56.7 Å². The van der Waals surface area contributed by atoms with Gasteiger partial charge in [-0.3, -0.25) is 0 Å². The largest absolute Gasteiger partial charge is 0.320 e. The monoisotopic (exact) mass is 298 g/mol. The van der Waals surface area contributed by atoms with Crippen LogP contribution in [0.1, 0.15) is 19.5 Å². The Hall–Kier alpha value is -1.27. The van der Waals surface area contributed by atoms with Crippen molar-refractivity contribution >= 4 is 15.9 Å². The van der Waals surface area contributed by atoms with Crippen LogP contribution < -0.4 is 5.73 Å². The minimum Gasteiger partial charge on any atom is -0.320 e. The molecule has 90 valence electrons. The third kappa shape index (κ3) is 2.53. The number of hydrogen-bond donors (Lipinski definition) is 1. The molecule has 0 aliphatic rings. The van der Waals surface area contributed by atoms with E-state index in [4.69, 9.17) is 5.73 Å². The Balaban J connectivity index is 2.40. The molecule has 17 heavy (non-hydrogen) atoms. The molecule has 6 heteroatoms. The lowest BCUT2D eigenvalue weighted by atomic mass is 10.0. The second-order valence-electron chi connectivity index (χ2n) is 4.37. The Bertz CT molecular complexity index is 545. The zero-order valence-corrected chi connectivity index (χ0v) is 11.1. The van der Waals surface area contributed by atoms with Gasteiger partial charge in [-0.15, -0.1) is 5.10 Å². The number of halogens is 2. The highest BCUT2D eigenvalue weighted by atomic mass is 79.9. The van der Waals surface area contributed by atoms with E-state index in [1.54, 1.807) is 23.0 Å². The predicted molar refractivity (Wildman–Crippen MR) is 66.2 cm³/mol. The fourth-order valence-corrected chi connectivity index (χ4v) is 1.68. The molecular weight excluding hydrogens is 287 g/mol. The summed E-state index contributed by atoms with van der Waals surface area (Å²) in [5.41, 5.74) is 6.77. The molecule has 1 aromatic heterocycles. The van der Waals surface area contributed by atoms with E-state index in [2.05, 4.69) is 26.2 Å². The van der Waals surface area contributed by atoms with Gasteiger partial charge in [0, 0.05) is 0 Å². The molecular formula is C11H12BrFN4. The van der Waals surface area contributed by atoms with Crippen LogP contribution in [0.5, 0.6) is 0 Å². The average Bonchev–Trinajstić information content (AvgIpc) is 2.70. The Morgan fingerprint density at radius 3 is 2.65 bits per heavy atom. The Morgan fingerprint density at radius 2 is 2.12 bits per heavy atom. The number of nitrogens with two attached hydrogens (primary N) is 1. The first kappa shape index (κ1) is 12.2. The summed E-state index contributed by atoms with van der Waals surface area (Å²) in [5, 5.41) is 7.96. The summed E-state index contributed by atoms with van der Waals surface area (Å²) >= 11 is 3.13. The van der Waals surface area contributed by atoms with Gasteiger partial charge in [-0.05, 0) is 48.0 Å². The van der Waals surface area contributed by atoms with Crippen LogP contribution in [0.15, 0.2) is 28.9 Å². The number of benzene rings is 1. The van der Waals surface area contributed by atoms with Crippen molar-refractivity contribution < 1.29 is 4.39 Å². The van der Waals surface area contributed by atoms with E-state index in [-0.39, 0.29) is 5.82 Å². The van der Waals surface area contributed by atoms with Crippen molar-refractivity contribution in [1.82, 2.24) is 15.0 Å². The van der Waals surface area contributed by atoms with Gasteiger partial charge in [-0.2, -0.15) is 0 Å². The normalized spacial score (nSPS) is 11.8. The van der Waals surface area contributed by atoms with Crippen LogP contribution in [0.4, 0.5) is 4.39 Å². The Kier molecular flexibility index (Phi) is 3.01. The SMILES string of the molecule is CC(C)(N)c1cn(-c2ccc(F)c(Br)c2)nn1. The van der Waals surface area contributed by atoms with Crippen molar-refractivity contribution in [3.05, 3.63) is 40.4 Å². The predicted octanol–water partition coefficient (Wildman–Crippen LogP) is 2.36. The number of rotatable bonds is 2. The molecule has 0 radical (unpaired) electrons. The highest BCUT2D eigenvalue weighted by Crippen LogP contribution is 2.20. The summed E-state index contributed by atoms with van der Waals surface area (Å²) in [7, 11) is 0. The van der Waals surface area contributed by atoms with Crippen molar-refractivity contribution in [1.29, 1.82) is 0 Å². The van der Waals surface area contributed by atoms with Crippen LogP contribution in [0.3, 0.4) is 0 Å². The molecule has 4 nitrogen and oxygen atoms in total. The smallest absolute Gasteiger partial charge is 0.137 e. The van der Waals surface area contributed by atoms with Gasteiger partial charge in [0.1, 0.15) is 11.5 Å². The zero-order valence-electron chi connectivity index (χ0n) is 9.48. The van der Waals surface area contributed by atoms with E-state index < -0.39 is 5.54 Å². The van der Waals surface area contributed by atoms with Gasteiger partial charge in [0.05, 0.1) is 21.9 Å². The highest BCUT2D eigenvalue weighted by Gasteiger charge is 2.18. The van der Waals surface area contributed by atoms with Crippen LogP contribution in [0.25, 0.3) is 5.69 Å².